The van der Waals surface area contributed by atoms with Gasteiger partial charge in [0, 0.05) is 13.1 Å². The molecule has 1 aliphatic heterocycles. The van der Waals surface area contributed by atoms with Gasteiger partial charge in [-0.15, -0.1) is 0 Å². The largest absolute Gasteiger partial charge is 0.493 e. The number of benzene rings is 1. The van der Waals surface area contributed by atoms with Crippen LogP contribution in [-0.2, 0) is 4.79 Å². The van der Waals surface area contributed by atoms with E-state index in [0.29, 0.717) is 11.5 Å². The molecule has 21 heavy (non-hydrogen) atoms. The van der Waals surface area contributed by atoms with E-state index in [9.17, 15) is 4.79 Å². The number of allylic oxidation sites excluding steroid dienone is 1. The van der Waals surface area contributed by atoms with E-state index in [1.807, 2.05) is 42.2 Å². The number of hydrogen-bond acceptors (Lipinski definition) is 3. The molecular weight excluding hydrogens is 266 g/mol. The molecule has 0 radical (unpaired) electrons. The number of amides is 1. The number of nitrogens with zero attached hydrogens (tertiary/aromatic N) is 1. The van der Waals surface area contributed by atoms with Crippen molar-refractivity contribution in [2.24, 2.45) is 0 Å². The van der Waals surface area contributed by atoms with E-state index in [1.165, 1.54) is 6.42 Å². The van der Waals surface area contributed by atoms with Gasteiger partial charge < -0.3 is 14.4 Å². The molecule has 0 bridgehead atoms. The van der Waals surface area contributed by atoms with Gasteiger partial charge in [-0.2, -0.15) is 0 Å². The molecule has 1 amide bonds. The second-order valence-corrected chi connectivity index (χ2v) is 5.14. The number of hydrogen-bond donors (Lipinski definition) is 0. The van der Waals surface area contributed by atoms with E-state index < -0.39 is 0 Å². The van der Waals surface area contributed by atoms with Crippen molar-refractivity contribution in [3.63, 3.8) is 0 Å². The summed E-state index contributed by atoms with van der Waals surface area (Å²) in [6, 6.07) is 5.70. The minimum Gasteiger partial charge on any atom is -0.493 e. The lowest BCUT2D eigenvalue weighted by atomic mass is 10.1. The Hall–Kier alpha value is -1.97. The van der Waals surface area contributed by atoms with Gasteiger partial charge in [0.15, 0.2) is 18.1 Å². The van der Waals surface area contributed by atoms with Crippen molar-refractivity contribution in [3.05, 3.63) is 29.8 Å². The number of carbonyl (C=O) groups is 1. The van der Waals surface area contributed by atoms with E-state index in [-0.39, 0.29) is 12.5 Å². The molecule has 1 fully saturated rings. The summed E-state index contributed by atoms with van der Waals surface area (Å²) in [7, 11) is 1.61. The quantitative estimate of drug-likeness (QED) is 0.836. The molecule has 0 atom stereocenters. The molecule has 0 aromatic heterocycles. The van der Waals surface area contributed by atoms with E-state index in [0.717, 1.165) is 31.5 Å². The number of likely N-dealkylation sites (tertiary alicyclic amines) is 1. The van der Waals surface area contributed by atoms with Crippen LogP contribution in [0, 0.1) is 0 Å². The summed E-state index contributed by atoms with van der Waals surface area (Å²) in [5.74, 6) is 1.31. The highest BCUT2D eigenvalue weighted by atomic mass is 16.5. The number of ether oxygens (including phenoxy) is 2. The Labute approximate surface area is 126 Å². The van der Waals surface area contributed by atoms with E-state index in [1.54, 1.807) is 7.11 Å². The Bertz CT molecular complexity index is 505. The summed E-state index contributed by atoms with van der Waals surface area (Å²) >= 11 is 0. The molecule has 4 nitrogen and oxygen atoms in total. The van der Waals surface area contributed by atoms with Crippen molar-refractivity contribution in [2.45, 2.75) is 26.2 Å². The predicted octanol–water partition coefficient (Wildman–Crippen LogP) is 3.12. The maximum absolute atomic E-state index is 12.1. The zero-order valence-electron chi connectivity index (χ0n) is 12.8. The monoisotopic (exact) mass is 289 g/mol. The number of carbonyl (C=O) groups excluding carboxylic acids is 1. The highest BCUT2D eigenvalue weighted by Gasteiger charge is 2.17. The Morgan fingerprint density at radius 3 is 2.67 bits per heavy atom. The van der Waals surface area contributed by atoms with Crippen molar-refractivity contribution in [3.8, 4) is 11.5 Å². The molecule has 2 rings (SSSR count). The number of methoxy groups -OCH3 is 1. The van der Waals surface area contributed by atoms with E-state index >= 15 is 0 Å². The molecule has 1 saturated heterocycles. The molecule has 0 unspecified atom stereocenters. The SMILES string of the molecule is C/C=C/c1ccc(OCC(=O)N2CCCCC2)c(OC)c1. The fourth-order valence-electron chi connectivity index (χ4n) is 2.47. The normalized spacial score (nSPS) is 15.2. The standard InChI is InChI=1S/C17H23NO3/c1-3-7-14-8-9-15(16(12-14)20-2)21-13-17(19)18-10-5-4-6-11-18/h3,7-9,12H,4-6,10-11,13H2,1-2H3/b7-3+. The topological polar surface area (TPSA) is 38.8 Å². The van der Waals surface area contributed by atoms with Gasteiger partial charge in [-0.25, -0.2) is 0 Å². The van der Waals surface area contributed by atoms with Crippen molar-refractivity contribution < 1.29 is 14.3 Å². The molecule has 0 saturated carbocycles. The van der Waals surface area contributed by atoms with Crippen LogP contribution >= 0.6 is 0 Å². The second kappa shape index (κ2) is 7.72. The second-order valence-electron chi connectivity index (χ2n) is 5.14. The first-order valence-electron chi connectivity index (χ1n) is 7.46. The summed E-state index contributed by atoms with van der Waals surface area (Å²) in [6.07, 6.45) is 7.35. The van der Waals surface area contributed by atoms with Gasteiger partial charge in [-0.3, -0.25) is 4.79 Å². The predicted molar refractivity (Wildman–Crippen MR) is 83.6 cm³/mol. The van der Waals surface area contributed by atoms with Crippen LogP contribution in [0.4, 0.5) is 0 Å². The lowest BCUT2D eigenvalue weighted by molar-refractivity contribution is -0.134. The highest BCUT2D eigenvalue weighted by Crippen LogP contribution is 2.28. The molecule has 1 aromatic rings. The molecule has 4 heteroatoms. The van der Waals surface area contributed by atoms with Gasteiger partial charge in [-0.1, -0.05) is 18.2 Å². The minimum atomic E-state index is 0.0503. The molecule has 114 valence electrons. The third-order valence-corrected chi connectivity index (χ3v) is 3.61. The highest BCUT2D eigenvalue weighted by molar-refractivity contribution is 5.78. The average molecular weight is 289 g/mol. The first-order valence-corrected chi connectivity index (χ1v) is 7.46. The Morgan fingerprint density at radius 2 is 2.00 bits per heavy atom. The van der Waals surface area contributed by atoms with Crippen LogP contribution in [0.5, 0.6) is 11.5 Å². The summed E-state index contributed by atoms with van der Waals surface area (Å²) < 4.78 is 11.0. The Morgan fingerprint density at radius 1 is 1.24 bits per heavy atom. The number of piperidine rings is 1. The van der Waals surface area contributed by atoms with Crippen molar-refractivity contribution in [1.29, 1.82) is 0 Å². The maximum atomic E-state index is 12.1. The van der Waals surface area contributed by atoms with E-state index in [2.05, 4.69) is 0 Å². The Balaban J connectivity index is 1.97. The fraction of sp³-hybridized carbons (Fsp3) is 0.471. The molecule has 1 aromatic carbocycles. The summed E-state index contributed by atoms with van der Waals surface area (Å²) in [5.41, 5.74) is 1.05. The summed E-state index contributed by atoms with van der Waals surface area (Å²) in [5, 5.41) is 0. The van der Waals surface area contributed by atoms with Crippen molar-refractivity contribution >= 4 is 12.0 Å². The smallest absolute Gasteiger partial charge is 0.260 e. The Kier molecular flexibility index (Phi) is 5.67. The molecule has 0 spiro atoms. The molecule has 0 aliphatic carbocycles. The van der Waals surface area contributed by atoms with Gasteiger partial charge in [0.2, 0.25) is 0 Å². The van der Waals surface area contributed by atoms with Crippen molar-refractivity contribution in [2.75, 3.05) is 26.8 Å². The first-order chi connectivity index (χ1) is 10.2. The molecule has 1 heterocycles. The number of rotatable bonds is 5. The summed E-state index contributed by atoms with van der Waals surface area (Å²) in [6.45, 7) is 3.73. The van der Waals surface area contributed by atoms with Crippen LogP contribution in [0.15, 0.2) is 24.3 Å². The molecule has 1 aliphatic rings. The van der Waals surface area contributed by atoms with Gasteiger partial charge in [0.25, 0.3) is 5.91 Å². The molecule has 0 N–H and O–H groups in total. The third kappa shape index (κ3) is 4.25. The zero-order valence-corrected chi connectivity index (χ0v) is 12.8. The van der Waals surface area contributed by atoms with Crippen molar-refractivity contribution in [1.82, 2.24) is 4.90 Å². The average Bonchev–Trinajstić information content (AvgIpc) is 2.54. The van der Waals surface area contributed by atoms with Crippen LogP contribution in [-0.4, -0.2) is 37.6 Å². The zero-order chi connectivity index (χ0) is 15.1. The lowest BCUT2D eigenvalue weighted by Crippen LogP contribution is -2.38. The van der Waals surface area contributed by atoms with Crippen LogP contribution in [0.25, 0.3) is 6.08 Å². The third-order valence-electron chi connectivity index (χ3n) is 3.61. The van der Waals surface area contributed by atoms with Crippen LogP contribution < -0.4 is 9.47 Å². The van der Waals surface area contributed by atoms with Gasteiger partial charge in [0.1, 0.15) is 0 Å². The fourth-order valence-corrected chi connectivity index (χ4v) is 2.47. The summed E-state index contributed by atoms with van der Waals surface area (Å²) in [4.78, 5) is 14.0. The lowest BCUT2D eigenvalue weighted by Gasteiger charge is -2.26. The van der Waals surface area contributed by atoms with Gasteiger partial charge in [-0.05, 0) is 43.9 Å². The van der Waals surface area contributed by atoms with Crippen LogP contribution in [0.2, 0.25) is 0 Å². The van der Waals surface area contributed by atoms with Crippen LogP contribution in [0.3, 0.4) is 0 Å². The van der Waals surface area contributed by atoms with Gasteiger partial charge in [0.05, 0.1) is 7.11 Å². The van der Waals surface area contributed by atoms with Gasteiger partial charge >= 0.3 is 0 Å². The minimum absolute atomic E-state index is 0.0503. The first kappa shape index (κ1) is 15.4. The molecular formula is C17H23NO3. The van der Waals surface area contributed by atoms with E-state index in [4.69, 9.17) is 9.47 Å². The van der Waals surface area contributed by atoms with Crippen LogP contribution in [0.1, 0.15) is 31.7 Å². The maximum Gasteiger partial charge on any atom is 0.260 e.